The molecule has 1 amide bonds. The van der Waals surface area contributed by atoms with Crippen LogP contribution in [0.4, 0.5) is 0 Å². The first-order valence-corrected chi connectivity index (χ1v) is 6.53. The summed E-state index contributed by atoms with van der Waals surface area (Å²) in [6.07, 6.45) is 1.89. The number of aryl methyl sites for hydroxylation is 2. The van der Waals surface area contributed by atoms with Crippen LogP contribution in [0, 0.1) is 6.92 Å². The van der Waals surface area contributed by atoms with Crippen LogP contribution in [-0.4, -0.2) is 15.7 Å². The van der Waals surface area contributed by atoms with Gasteiger partial charge in [-0.3, -0.25) is 9.48 Å². The van der Waals surface area contributed by atoms with Crippen LogP contribution >= 0.6 is 0 Å². The van der Waals surface area contributed by atoms with Gasteiger partial charge in [-0.25, -0.2) is 0 Å². The quantitative estimate of drug-likeness (QED) is 0.879. The lowest BCUT2D eigenvalue weighted by Gasteiger charge is -2.24. The number of nitrogens with two attached hydrogens (primary N) is 1. The standard InChI is InChI=1S/C15H20N4O/c1-11-12(10-19(3)18-11)9-17-14(20)15(2,16)13-7-5-4-6-8-13/h4-8,10H,9,16H2,1-3H3,(H,17,20). The number of rotatable bonds is 4. The molecule has 0 saturated heterocycles. The number of carbonyl (C=O) groups is 1. The molecule has 106 valence electrons. The molecule has 1 heterocycles. The number of aromatic nitrogens is 2. The van der Waals surface area contributed by atoms with Gasteiger partial charge in [0.2, 0.25) is 5.91 Å². The zero-order valence-electron chi connectivity index (χ0n) is 12.1. The molecule has 5 heteroatoms. The lowest BCUT2D eigenvalue weighted by molar-refractivity contribution is -0.126. The third-order valence-electron chi connectivity index (χ3n) is 3.40. The van der Waals surface area contributed by atoms with Gasteiger partial charge in [0.15, 0.2) is 0 Å². The zero-order valence-corrected chi connectivity index (χ0v) is 12.1. The third kappa shape index (κ3) is 2.88. The highest BCUT2D eigenvalue weighted by Gasteiger charge is 2.30. The fourth-order valence-corrected chi connectivity index (χ4v) is 2.10. The number of nitrogens with zero attached hydrogens (tertiary/aromatic N) is 2. The molecule has 0 radical (unpaired) electrons. The first kappa shape index (κ1) is 14.3. The molecular formula is C15H20N4O. The van der Waals surface area contributed by atoms with Crippen molar-refractivity contribution in [2.45, 2.75) is 25.9 Å². The minimum absolute atomic E-state index is 0.202. The van der Waals surface area contributed by atoms with Crippen molar-refractivity contribution in [1.29, 1.82) is 0 Å². The van der Waals surface area contributed by atoms with Gasteiger partial charge in [-0.05, 0) is 19.4 Å². The Balaban J connectivity index is 2.06. The van der Waals surface area contributed by atoms with Crippen LogP contribution in [-0.2, 0) is 23.9 Å². The number of nitrogens with one attached hydrogen (secondary N) is 1. The van der Waals surface area contributed by atoms with Crippen molar-refractivity contribution >= 4 is 5.91 Å². The summed E-state index contributed by atoms with van der Waals surface area (Å²) in [6.45, 7) is 4.06. The highest BCUT2D eigenvalue weighted by molar-refractivity contribution is 5.86. The molecule has 2 rings (SSSR count). The molecule has 2 aromatic rings. The zero-order chi connectivity index (χ0) is 14.8. The summed E-state index contributed by atoms with van der Waals surface area (Å²) in [6, 6.07) is 9.36. The highest BCUT2D eigenvalue weighted by atomic mass is 16.2. The van der Waals surface area contributed by atoms with Crippen molar-refractivity contribution in [2.24, 2.45) is 12.8 Å². The number of hydrogen-bond acceptors (Lipinski definition) is 3. The minimum atomic E-state index is -1.04. The number of benzene rings is 1. The molecule has 0 aliphatic carbocycles. The third-order valence-corrected chi connectivity index (χ3v) is 3.40. The van der Waals surface area contributed by atoms with E-state index in [1.165, 1.54) is 0 Å². The van der Waals surface area contributed by atoms with Gasteiger partial charge in [0, 0.05) is 25.4 Å². The fourth-order valence-electron chi connectivity index (χ4n) is 2.10. The number of amides is 1. The van der Waals surface area contributed by atoms with E-state index >= 15 is 0 Å². The van der Waals surface area contributed by atoms with E-state index in [-0.39, 0.29) is 5.91 Å². The maximum atomic E-state index is 12.3. The predicted octanol–water partition coefficient (Wildman–Crippen LogP) is 1.22. The summed E-state index contributed by atoms with van der Waals surface area (Å²) >= 11 is 0. The Bertz CT molecular complexity index is 602. The van der Waals surface area contributed by atoms with Crippen LogP contribution in [0.15, 0.2) is 36.5 Å². The Morgan fingerprint density at radius 2 is 2.05 bits per heavy atom. The van der Waals surface area contributed by atoms with Gasteiger partial charge in [-0.15, -0.1) is 0 Å². The smallest absolute Gasteiger partial charge is 0.244 e. The Hall–Kier alpha value is -2.14. The van der Waals surface area contributed by atoms with Crippen LogP contribution in [0.3, 0.4) is 0 Å². The summed E-state index contributed by atoms with van der Waals surface area (Å²) < 4.78 is 1.73. The van der Waals surface area contributed by atoms with Crippen molar-refractivity contribution in [3.63, 3.8) is 0 Å². The summed E-state index contributed by atoms with van der Waals surface area (Å²) in [5, 5.41) is 7.12. The molecule has 0 fully saturated rings. The van der Waals surface area contributed by atoms with Crippen molar-refractivity contribution in [3.8, 4) is 0 Å². The maximum absolute atomic E-state index is 12.3. The van der Waals surface area contributed by atoms with Crippen LogP contribution in [0.5, 0.6) is 0 Å². The van der Waals surface area contributed by atoms with Gasteiger partial charge in [0.1, 0.15) is 5.54 Å². The molecule has 0 bridgehead atoms. The molecule has 0 aliphatic heterocycles. The van der Waals surface area contributed by atoms with Crippen molar-refractivity contribution in [3.05, 3.63) is 53.3 Å². The molecule has 1 aromatic heterocycles. The number of hydrogen-bond donors (Lipinski definition) is 2. The molecule has 5 nitrogen and oxygen atoms in total. The van der Waals surface area contributed by atoms with Gasteiger partial charge in [0.05, 0.1) is 5.69 Å². The fraction of sp³-hybridized carbons (Fsp3) is 0.333. The van der Waals surface area contributed by atoms with E-state index in [0.29, 0.717) is 6.54 Å². The first-order chi connectivity index (χ1) is 9.41. The van der Waals surface area contributed by atoms with Gasteiger partial charge in [-0.2, -0.15) is 5.10 Å². The van der Waals surface area contributed by atoms with Crippen molar-refractivity contribution < 1.29 is 4.79 Å². The molecule has 0 aliphatic rings. The summed E-state index contributed by atoms with van der Waals surface area (Å²) in [5.41, 5.74) is 7.80. The highest BCUT2D eigenvalue weighted by Crippen LogP contribution is 2.17. The van der Waals surface area contributed by atoms with Crippen molar-refractivity contribution in [2.75, 3.05) is 0 Å². The predicted molar refractivity (Wildman–Crippen MR) is 77.8 cm³/mol. The molecule has 20 heavy (non-hydrogen) atoms. The van der Waals surface area contributed by atoms with Gasteiger partial charge in [0.25, 0.3) is 0 Å². The molecule has 1 atom stereocenters. The van der Waals surface area contributed by atoms with Crippen LogP contribution in [0.1, 0.15) is 23.7 Å². The molecule has 3 N–H and O–H groups in total. The van der Waals surface area contributed by atoms with E-state index in [9.17, 15) is 4.79 Å². The van der Waals surface area contributed by atoms with E-state index in [1.54, 1.807) is 11.6 Å². The van der Waals surface area contributed by atoms with Gasteiger partial charge < -0.3 is 11.1 Å². The van der Waals surface area contributed by atoms with Gasteiger partial charge in [-0.1, -0.05) is 30.3 Å². The lowest BCUT2D eigenvalue weighted by atomic mass is 9.92. The minimum Gasteiger partial charge on any atom is -0.350 e. The van der Waals surface area contributed by atoms with Crippen molar-refractivity contribution in [1.82, 2.24) is 15.1 Å². The second-order valence-electron chi connectivity index (χ2n) is 5.16. The number of carbonyl (C=O) groups excluding carboxylic acids is 1. The Kier molecular flexibility index (Phi) is 3.90. The second-order valence-corrected chi connectivity index (χ2v) is 5.16. The Morgan fingerprint density at radius 1 is 1.40 bits per heavy atom. The van der Waals surface area contributed by atoms with E-state index in [4.69, 9.17) is 5.73 Å². The van der Waals surface area contributed by atoms with Crippen LogP contribution in [0.25, 0.3) is 0 Å². The van der Waals surface area contributed by atoms with E-state index in [0.717, 1.165) is 16.8 Å². The van der Waals surface area contributed by atoms with Crippen LogP contribution in [0.2, 0.25) is 0 Å². The molecule has 0 spiro atoms. The summed E-state index contributed by atoms with van der Waals surface area (Å²) in [5.74, 6) is -0.202. The van der Waals surface area contributed by atoms with E-state index in [1.807, 2.05) is 50.5 Å². The molecule has 1 unspecified atom stereocenters. The SMILES string of the molecule is Cc1nn(C)cc1CNC(=O)C(C)(N)c1ccccc1. The summed E-state index contributed by atoms with van der Waals surface area (Å²) in [7, 11) is 1.86. The van der Waals surface area contributed by atoms with Gasteiger partial charge >= 0.3 is 0 Å². The Morgan fingerprint density at radius 3 is 2.60 bits per heavy atom. The first-order valence-electron chi connectivity index (χ1n) is 6.53. The topological polar surface area (TPSA) is 72.9 Å². The average molecular weight is 272 g/mol. The van der Waals surface area contributed by atoms with Crippen LogP contribution < -0.4 is 11.1 Å². The van der Waals surface area contributed by atoms with E-state index < -0.39 is 5.54 Å². The summed E-state index contributed by atoms with van der Waals surface area (Å²) in [4.78, 5) is 12.3. The molecule has 0 saturated carbocycles. The molecule has 1 aromatic carbocycles. The monoisotopic (exact) mass is 272 g/mol. The molecular weight excluding hydrogens is 252 g/mol. The largest absolute Gasteiger partial charge is 0.350 e. The average Bonchev–Trinajstić information content (AvgIpc) is 2.75. The van der Waals surface area contributed by atoms with E-state index in [2.05, 4.69) is 10.4 Å². The lowest BCUT2D eigenvalue weighted by Crippen LogP contribution is -2.48. The second kappa shape index (κ2) is 5.46. The Labute approximate surface area is 118 Å². The maximum Gasteiger partial charge on any atom is 0.244 e. The normalized spacial score (nSPS) is 13.8.